The van der Waals surface area contributed by atoms with Crippen molar-refractivity contribution in [2.75, 3.05) is 14.1 Å². The van der Waals surface area contributed by atoms with E-state index in [4.69, 9.17) is 28.9 Å². The Kier molecular flexibility index (Phi) is 1.33. The number of nitrogens with two attached hydrogens (primary N) is 1. The minimum Gasteiger partial charge on any atom is -0.496 e. The first-order valence-corrected chi connectivity index (χ1v) is 4.22. The van der Waals surface area contributed by atoms with E-state index in [9.17, 15) is 0 Å². The van der Waals surface area contributed by atoms with Crippen LogP contribution in [0.2, 0.25) is 0 Å². The molecule has 84 valence electrons. The minimum atomic E-state index is -2.92. The highest BCUT2D eigenvalue weighted by Crippen LogP contribution is 2.28. The van der Waals surface area contributed by atoms with Gasteiger partial charge in [0, 0.05) is 11.5 Å². The Bertz CT molecular complexity index is 613. The molecule has 0 heterocycles. The summed E-state index contributed by atoms with van der Waals surface area (Å²) in [5.41, 5.74) is 5.14. The van der Waals surface area contributed by atoms with Gasteiger partial charge in [-0.05, 0) is 43.5 Å². The Morgan fingerprint density at radius 1 is 1.40 bits per heavy atom. The van der Waals surface area contributed by atoms with Crippen LogP contribution in [0.25, 0.3) is 0 Å². The molecule has 0 aliphatic carbocycles. The Morgan fingerprint density at radius 3 is 2.73 bits per heavy atom. The monoisotopic (exact) mass is 219 g/mol. The zero-order valence-electron chi connectivity index (χ0n) is 18.3. The lowest BCUT2D eigenvalue weighted by atomic mass is 10.0. The number of aryl methyl sites for hydroxylation is 1. The Morgan fingerprint density at radius 2 is 2.13 bits per heavy atom. The maximum absolute atomic E-state index is 7.74. The van der Waals surface area contributed by atoms with Crippen LogP contribution < -0.4 is 15.2 Å². The molecule has 15 heavy (non-hydrogen) atoms. The standard InChI is InChI=1S/C12H19NO2/c1-8-5-12(15-4)10(6-9(2)13)7-11(8)14-3/h5,7,9H,6,13H2,1-4H3/i1D3,3D3,4D3,9D. The molecular weight excluding hydrogens is 190 g/mol. The van der Waals surface area contributed by atoms with Gasteiger partial charge in [0.05, 0.1) is 22.3 Å². The molecule has 1 atom stereocenters. The molecule has 1 aromatic rings. The van der Waals surface area contributed by atoms with Gasteiger partial charge in [-0.15, -0.1) is 0 Å². The van der Waals surface area contributed by atoms with E-state index < -0.39 is 38.3 Å². The van der Waals surface area contributed by atoms with Gasteiger partial charge in [0.2, 0.25) is 0 Å². The van der Waals surface area contributed by atoms with E-state index >= 15 is 0 Å². The lowest BCUT2D eigenvalue weighted by Gasteiger charge is -2.14. The highest BCUT2D eigenvalue weighted by atomic mass is 16.5. The third-order valence-electron chi connectivity index (χ3n) is 1.85. The molecule has 2 N–H and O–H groups in total. The van der Waals surface area contributed by atoms with Crippen molar-refractivity contribution in [3.05, 3.63) is 23.3 Å². The van der Waals surface area contributed by atoms with Crippen LogP contribution in [0.15, 0.2) is 12.1 Å². The molecule has 0 aromatic heterocycles. The zero-order valence-corrected chi connectivity index (χ0v) is 8.26. The Balaban J connectivity index is 3.58. The summed E-state index contributed by atoms with van der Waals surface area (Å²) in [6.07, 6.45) is -0.225. The molecule has 1 rings (SSSR count). The smallest absolute Gasteiger partial charge is 0.122 e. The van der Waals surface area contributed by atoms with Crippen LogP contribution >= 0.6 is 0 Å². The number of hydrogen-bond acceptors (Lipinski definition) is 3. The summed E-state index contributed by atoms with van der Waals surface area (Å²) in [6, 6.07) is 0.391. The SMILES string of the molecule is [2H]C(C)(N)Cc1cc(OC([2H])([2H])[2H])c(C([2H])([2H])[2H])cc1OC([2H])([2H])[2H]. The first-order chi connectivity index (χ1) is 10.9. The fourth-order valence-electron chi connectivity index (χ4n) is 1.22. The van der Waals surface area contributed by atoms with E-state index in [1.807, 2.05) is 0 Å². The highest BCUT2D eigenvalue weighted by molar-refractivity contribution is 5.46. The van der Waals surface area contributed by atoms with E-state index in [2.05, 4.69) is 0 Å². The van der Waals surface area contributed by atoms with Gasteiger partial charge in [-0.1, -0.05) is 0 Å². The number of ether oxygens (including phenoxy) is 2. The maximum atomic E-state index is 7.74. The van der Waals surface area contributed by atoms with E-state index in [1.165, 1.54) is 6.92 Å². The maximum Gasteiger partial charge on any atom is 0.122 e. The van der Waals surface area contributed by atoms with Crippen LogP contribution in [0.4, 0.5) is 0 Å². The van der Waals surface area contributed by atoms with Crippen LogP contribution in [0.5, 0.6) is 11.5 Å². The van der Waals surface area contributed by atoms with Gasteiger partial charge in [0.1, 0.15) is 11.5 Å². The molecular formula is C12H19NO2. The van der Waals surface area contributed by atoms with Gasteiger partial charge >= 0.3 is 0 Å². The minimum absolute atomic E-state index is 0.0448. The first kappa shape index (κ1) is 3.98. The second kappa shape index (κ2) is 5.03. The van der Waals surface area contributed by atoms with Crippen LogP contribution in [0.3, 0.4) is 0 Å². The molecule has 0 bridgehead atoms. The summed E-state index contributed by atoms with van der Waals surface area (Å²) in [5.74, 6) is -0.801. The number of benzene rings is 1. The lowest BCUT2D eigenvalue weighted by Crippen LogP contribution is -2.18. The molecule has 3 nitrogen and oxygen atoms in total. The first-order valence-electron chi connectivity index (χ1n) is 9.22. The quantitative estimate of drug-likeness (QED) is 0.841. The summed E-state index contributed by atoms with van der Waals surface area (Å²) < 4.78 is 82.9. The second-order valence-corrected chi connectivity index (χ2v) is 3.18. The third kappa shape index (κ3) is 2.86. The van der Waals surface area contributed by atoms with Crippen LogP contribution in [-0.4, -0.2) is 20.1 Å². The van der Waals surface area contributed by atoms with Crippen molar-refractivity contribution in [3.8, 4) is 11.5 Å². The van der Waals surface area contributed by atoms with E-state index in [0.29, 0.717) is 0 Å². The van der Waals surface area contributed by atoms with Gasteiger partial charge < -0.3 is 15.2 Å². The average Bonchev–Trinajstić information content (AvgIpc) is 2.24. The van der Waals surface area contributed by atoms with Gasteiger partial charge in [-0.25, -0.2) is 0 Å². The molecule has 0 fully saturated rings. The molecule has 0 amide bonds. The molecule has 0 saturated heterocycles. The Hall–Kier alpha value is -1.22. The van der Waals surface area contributed by atoms with Gasteiger partial charge in [0.15, 0.2) is 0 Å². The molecule has 0 saturated carbocycles. The van der Waals surface area contributed by atoms with Crippen LogP contribution in [0, 0.1) is 6.85 Å². The fourth-order valence-corrected chi connectivity index (χ4v) is 1.22. The molecule has 0 aliphatic heterocycles. The highest BCUT2D eigenvalue weighted by Gasteiger charge is 2.09. The molecule has 0 spiro atoms. The predicted octanol–water partition coefficient (Wildman–Crippen LogP) is 1.90. The number of hydrogen-bond donors (Lipinski definition) is 1. The van der Waals surface area contributed by atoms with Crippen molar-refractivity contribution < 1.29 is 23.2 Å². The van der Waals surface area contributed by atoms with Crippen molar-refractivity contribution in [2.24, 2.45) is 5.73 Å². The summed E-state index contributed by atoms with van der Waals surface area (Å²) in [6.45, 7) is -1.44. The van der Waals surface area contributed by atoms with E-state index in [1.54, 1.807) is 0 Å². The van der Waals surface area contributed by atoms with Crippen molar-refractivity contribution >= 4 is 0 Å². The fraction of sp³-hybridized carbons (Fsp3) is 0.500. The van der Waals surface area contributed by atoms with Gasteiger partial charge in [0.25, 0.3) is 0 Å². The average molecular weight is 219 g/mol. The number of methoxy groups -OCH3 is 2. The molecule has 1 aromatic carbocycles. The van der Waals surface area contributed by atoms with Crippen molar-refractivity contribution in [2.45, 2.75) is 26.2 Å². The van der Waals surface area contributed by atoms with Crippen molar-refractivity contribution in [1.82, 2.24) is 0 Å². The van der Waals surface area contributed by atoms with Crippen molar-refractivity contribution in [1.29, 1.82) is 0 Å². The molecule has 1 unspecified atom stereocenters. The van der Waals surface area contributed by atoms with Crippen LogP contribution in [-0.2, 0) is 6.42 Å². The van der Waals surface area contributed by atoms with E-state index in [-0.39, 0.29) is 17.7 Å². The zero-order chi connectivity index (χ0) is 19.8. The summed E-state index contributed by atoms with van der Waals surface area (Å²) in [5, 5.41) is 0. The van der Waals surface area contributed by atoms with Gasteiger partial charge in [-0.2, -0.15) is 0 Å². The summed E-state index contributed by atoms with van der Waals surface area (Å²) in [4.78, 5) is 0. The molecule has 0 aliphatic rings. The lowest BCUT2D eigenvalue weighted by molar-refractivity contribution is 0.395. The van der Waals surface area contributed by atoms with Gasteiger partial charge in [-0.3, -0.25) is 0 Å². The third-order valence-corrected chi connectivity index (χ3v) is 1.85. The second-order valence-electron chi connectivity index (χ2n) is 3.18. The van der Waals surface area contributed by atoms with E-state index in [0.717, 1.165) is 12.1 Å². The topological polar surface area (TPSA) is 44.5 Å². The predicted molar refractivity (Wildman–Crippen MR) is 61.6 cm³/mol. The summed E-state index contributed by atoms with van der Waals surface area (Å²) in [7, 11) is -5.79. The number of rotatable bonds is 4. The Labute approximate surface area is 105 Å². The summed E-state index contributed by atoms with van der Waals surface area (Å²) >= 11 is 0. The van der Waals surface area contributed by atoms with Crippen LogP contribution in [0.1, 0.15) is 31.8 Å². The molecule has 3 heteroatoms. The van der Waals surface area contributed by atoms with Crippen molar-refractivity contribution in [3.63, 3.8) is 0 Å². The normalized spacial score (nSPS) is 26.8. The molecule has 0 radical (unpaired) electrons. The largest absolute Gasteiger partial charge is 0.496 e.